The van der Waals surface area contributed by atoms with Crippen LogP contribution < -0.4 is 16.0 Å². The molecule has 1 atom stereocenters. The monoisotopic (exact) mass is 590 g/mol. The molecule has 4 aromatic rings. The molecule has 3 aromatic carbocycles. The fourth-order valence-electron chi connectivity index (χ4n) is 6.08. The topological polar surface area (TPSA) is 91.3 Å². The average Bonchev–Trinajstić information content (AvgIpc) is 3.63. The number of aromatic nitrogens is 2. The summed E-state index contributed by atoms with van der Waals surface area (Å²) in [6, 6.07) is 25.8. The summed E-state index contributed by atoms with van der Waals surface area (Å²) in [5.74, 6) is 1.37. The number of rotatable bonds is 6. The summed E-state index contributed by atoms with van der Waals surface area (Å²) in [5.41, 5.74) is 7.06. The van der Waals surface area contributed by atoms with E-state index < -0.39 is 0 Å². The number of aryl methyl sites for hydroxylation is 1. The molecule has 1 aromatic heterocycles. The van der Waals surface area contributed by atoms with Gasteiger partial charge in [-0.15, -0.1) is 0 Å². The molecular formula is C36H42N6O2. The summed E-state index contributed by atoms with van der Waals surface area (Å²) < 4.78 is 1.78. The van der Waals surface area contributed by atoms with Crippen LogP contribution in [0.2, 0.25) is 0 Å². The van der Waals surface area contributed by atoms with Gasteiger partial charge in [0.2, 0.25) is 5.91 Å². The van der Waals surface area contributed by atoms with Crippen molar-refractivity contribution in [2.75, 3.05) is 29.0 Å². The minimum absolute atomic E-state index is 0.148. The molecule has 2 aliphatic heterocycles. The van der Waals surface area contributed by atoms with E-state index in [-0.39, 0.29) is 23.4 Å². The first-order chi connectivity index (χ1) is 21.1. The van der Waals surface area contributed by atoms with E-state index in [1.165, 1.54) is 11.1 Å². The Morgan fingerprint density at radius 3 is 2.32 bits per heavy atom. The van der Waals surface area contributed by atoms with Crippen molar-refractivity contribution in [2.45, 2.75) is 64.8 Å². The smallest absolute Gasteiger partial charge is 0.324 e. The third-order valence-corrected chi connectivity index (χ3v) is 8.73. The standard InChI is InChI=1S/C36H42N6O2/c1-24-9-15-29(16-10-24)42-33(23-32(40-42)36(2,3)4)39-35(44)37-28-13-11-25(12-14-28)21-26-17-19-41(20-18-26)34(43)31-22-27-7-5-6-8-30(27)38-31/h5-16,23,26,31,38H,17-22H2,1-4H3,(H2,37,39,44)/t31-/m0/s1. The van der Waals surface area contributed by atoms with E-state index >= 15 is 0 Å². The summed E-state index contributed by atoms with van der Waals surface area (Å²) >= 11 is 0. The highest BCUT2D eigenvalue weighted by atomic mass is 16.2. The summed E-state index contributed by atoms with van der Waals surface area (Å²) in [7, 11) is 0. The molecular weight excluding hydrogens is 548 g/mol. The average molecular weight is 591 g/mol. The summed E-state index contributed by atoms with van der Waals surface area (Å²) in [5, 5.41) is 14.2. The Hall–Kier alpha value is -4.59. The van der Waals surface area contributed by atoms with Crippen molar-refractivity contribution in [1.82, 2.24) is 14.7 Å². The predicted molar refractivity (Wildman–Crippen MR) is 177 cm³/mol. The van der Waals surface area contributed by atoms with Crippen LogP contribution in [0.4, 0.5) is 22.0 Å². The van der Waals surface area contributed by atoms with Crippen LogP contribution in [0.1, 0.15) is 56.0 Å². The van der Waals surface area contributed by atoms with E-state index in [0.717, 1.165) is 67.1 Å². The maximum atomic E-state index is 13.1. The number of anilines is 3. The van der Waals surface area contributed by atoms with Crippen LogP contribution in [0.3, 0.4) is 0 Å². The first-order valence-corrected chi connectivity index (χ1v) is 15.6. The molecule has 228 valence electrons. The lowest BCUT2D eigenvalue weighted by Gasteiger charge is -2.33. The summed E-state index contributed by atoms with van der Waals surface area (Å²) in [6.45, 7) is 9.97. The van der Waals surface area contributed by atoms with E-state index in [4.69, 9.17) is 5.10 Å². The molecule has 3 N–H and O–H groups in total. The maximum Gasteiger partial charge on any atom is 0.324 e. The van der Waals surface area contributed by atoms with E-state index in [2.05, 4.69) is 54.9 Å². The zero-order chi connectivity index (χ0) is 30.8. The Kier molecular flexibility index (Phi) is 8.17. The summed E-state index contributed by atoms with van der Waals surface area (Å²) in [4.78, 5) is 28.2. The van der Waals surface area contributed by atoms with Crippen molar-refractivity contribution in [3.63, 3.8) is 0 Å². The van der Waals surface area contributed by atoms with Gasteiger partial charge in [-0.3, -0.25) is 10.1 Å². The molecule has 8 nitrogen and oxygen atoms in total. The molecule has 0 spiro atoms. The molecule has 0 unspecified atom stereocenters. The lowest BCUT2D eigenvalue weighted by molar-refractivity contribution is -0.133. The van der Waals surface area contributed by atoms with Gasteiger partial charge in [0.15, 0.2) is 0 Å². The quantitative estimate of drug-likeness (QED) is 0.227. The van der Waals surface area contributed by atoms with Gasteiger partial charge in [-0.1, -0.05) is 68.8 Å². The molecule has 8 heteroatoms. The van der Waals surface area contributed by atoms with Crippen molar-refractivity contribution >= 4 is 29.1 Å². The van der Waals surface area contributed by atoms with Crippen LogP contribution in [0.5, 0.6) is 0 Å². The number of benzene rings is 3. The maximum absolute atomic E-state index is 13.1. The molecule has 3 heterocycles. The van der Waals surface area contributed by atoms with Gasteiger partial charge < -0.3 is 15.5 Å². The van der Waals surface area contributed by atoms with Crippen LogP contribution in [-0.4, -0.2) is 45.8 Å². The SMILES string of the molecule is Cc1ccc(-n2nc(C(C)(C)C)cc2NC(=O)Nc2ccc(CC3CCN(C(=O)[C@@H]4Cc5ccccc5N4)CC3)cc2)cc1. The lowest BCUT2D eigenvalue weighted by Crippen LogP contribution is -2.46. The van der Waals surface area contributed by atoms with Crippen LogP contribution in [0.25, 0.3) is 5.69 Å². The van der Waals surface area contributed by atoms with Crippen LogP contribution in [0, 0.1) is 12.8 Å². The van der Waals surface area contributed by atoms with Crippen molar-refractivity contribution in [1.29, 1.82) is 0 Å². The van der Waals surface area contributed by atoms with Crippen LogP contribution in [0.15, 0.2) is 78.9 Å². The van der Waals surface area contributed by atoms with E-state index in [1.807, 2.05) is 72.5 Å². The first kappa shape index (κ1) is 29.5. The first-order valence-electron chi connectivity index (χ1n) is 15.6. The Balaban J connectivity index is 1.01. The number of nitrogens with one attached hydrogen (secondary N) is 3. The second-order valence-corrected chi connectivity index (χ2v) is 13.2. The number of hydrogen-bond acceptors (Lipinski definition) is 4. The number of piperidine rings is 1. The molecule has 0 bridgehead atoms. The van der Waals surface area contributed by atoms with Gasteiger partial charge >= 0.3 is 6.03 Å². The largest absolute Gasteiger partial charge is 0.373 e. The highest BCUT2D eigenvalue weighted by Crippen LogP contribution is 2.29. The second-order valence-electron chi connectivity index (χ2n) is 13.2. The minimum atomic E-state index is -0.316. The Labute approximate surface area is 259 Å². The van der Waals surface area contributed by atoms with Gasteiger partial charge in [0.05, 0.1) is 11.4 Å². The Bertz CT molecular complexity index is 1600. The van der Waals surface area contributed by atoms with Gasteiger partial charge in [0, 0.05) is 42.4 Å². The molecule has 6 rings (SSSR count). The fourth-order valence-corrected chi connectivity index (χ4v) is 6.08. The minimum Gasteiger partial charge on any atom is -0.373 e. The zero-order valence-electron chi connectivity index (χ0n) is 26.1. The van der Waals surface area contributed by atoms with Crippen LogP contribution in [-0.2, 0) is 23.1 Å². The van der Waals surface area contributed by atoms with Crippen LogP contribution >= 0.6 is 0 Å². The van der Waals surface area contributed by atoms with E-state index in [9.17, 15) is 9.59 Å². The molecule has 3 amide bonds. The number of hydrogen-bond donors (Lipinski definition) is 3. The molecule has 0 radical (unpaired) electrons. The van der Waals surface area contributed by atoms with Gasteiger partial charge in [0.25, 0.3) is 0 Å². The Morgan fingerprint density at radius 2 is 1.64 bits per heavy atom. The van der Waals surface area contributed by atoms with Crippen molar-refractivity contribution < 1.29 is 9.59 Å². The number of carbonyl (C=O) groups is 2. The third-order valence-electron chi connectivity index (χ3n) is 8.73. The second kappa shape index (κ2) is 12.2. The van der Waals surface area contributed by atoms with E-state index in [1.54, 1.807) is 4.68 Å². The normalized spacial score (nSPS) is 16.7. The Morgan fingerprint density at radius 1 is 0.932 bits per heavy atom. The highest BCUT2D eigenvalue weighted by molar-refractivity contribution is 5.99. The van der Waals surface area contributed by atoms with E-state index in [0.29, 0.717) is 11.7 Å². The molecule has 0 aliphatic carbocycles. The molecule has 44 heavy (non-hydrogen) atoms. The molecule has 0 saturated carbocycles. The van der Waals surface area contributed by atoms with Gasteiger partial charge in [-0.25, -0.2) is 9.48 Å². The summed E-state index contributed by atoms with van der Waals surface area (Å²) in [6.07, 6.45) is 3.73. The molecule has 1 fully saturated rings. The fraction of sp³-hybridized carbons (Fsp3) is 0.361. The van der Waals surface area contributed by atoms with Gasteiger partial charge in [-0.2, -0.15) is 5.10 Å². The van der Waals surface area contributed by atoms with Crippen molar-refractivity contribution in [3.05, 3.63) is 101 Å². The molecule has 2 aliphatic rings. The molecule has 1 saturated heterocycles. The number of amides is 3. The van der Waals surface area contributed by atoms with Crippen molar-refractivity contribution in [3.8, 4) is 5.69 Å². The number of fused-ring (bicyclic) bond motifs is 1. The highest BCUT2D eigenvalue weighted by Gasteiger charge is 2.32. The van der Waals surface area contributed by atoms with Gasteiger partial charge in [0.1, 0.15) is 11.9 Å². The third kappa shape index (κ3) is 6.64. The number of urea groups is 1. The lowest BCUT2D eigenvalue weighted by atomic mass is 9.90. The number of carbonyl (C=O) groups excluding carboxylic acids is 2. The predicted octanol–water partition coefficient (Wildman–Crippen LogP) is 6.94. The number of para-hydroxylation sites is 1. The van der Waals surface area contributed by atoms with Gasteiger partial charge in [-0.05, 0) is 73.6 Å². The zero-order valence-corrected chi connectivity index (χ0v) is 26.1. The number of nitrogens with zero attached hydrogens (tertiary/aromatic N) is 3. The van der Waals surface area contributed by atoms with Crippen molar-refractivity contribution in [2.24, 2.45) is 5.92 Å². The number of likely N-dealkylation sites (tertiary alicyclic amines) is 1.